The van der Waals surface area contributed by atoms with Crippen LogP contribution in [0.1, 0.15) is 24.8 Å². The Morgan fingerprint density at radius 3 is 2.63 bits per heavy atom. The fraction of sp³-hybridized carbons (Fsp3) is 0.421. The fourth-order valence-electron chi connectivity index (χ4n) is 3.07. The highest BCUT2D eigenvalue weighted by Crippen LogP contribution is 2.25. The zero-order chi connectivity index (χ0) is 19.4. The van der Waals surface area contributed by atoms with E-state index in [0.29, 0.717) is 17.5 Å². The second kappa shape index (κ2) is 8.28. The van der Waals surface area contributed by atoms with Crippen LogP contribution in [-0.2, 0) is 11.2 Å². The van der Waals surface area contributed by atoms with Crippen molar-refractivity contribution < 1.29 is 13.6 Å². The molecule has 0 radical (unpaired) electrons. The molecule has 1 fully saturated rings. The van der Waals surface area contributed by atoms with Crippen LogP contribution in [0.3, 0.4) is 0 Å². The number of hydrogen-bond acceptors (Lipinski definition) is 5. The predicted octanol–water partition coefficient (Wildman–Crippen LogP) is 2.99. The average molecular weight is 375 g/mol. The van der Waals surface area contributed by atoms with Crippen molar-refractivity contribution in [1.29, 1.82) is 0 Å². The minimum absolute atomic E-state index is 0.131. The molecule has 144 valence electrons. The summed E-state index contributed by atoms with van der Waals surface area (Å²) in [5, 5.41) is 2.73. The molecule has 0 aliphatic carbocycles. The normalized spacial score (nSPS) is 14.1. The molecule has 2 aromatic rings. The van der Waals surface area contributed by atoms with Crippen molar-refractivity contribution in [3.63, 3.8) is 0 Å². The molecule has 1 aromatic heterocycles. The molecule has 3 rings (SSSR count). The molecule has 0 unspecified atom stereocenters. The van der Waals surface area contributed by atoms with E-state index in [0.717, 1.165) is 38.1 Å². The molecule has 27 heavy (non-hydrogen) atoms. The van der Waals surface area contributed by atoms with Gasteiger partial charge in [-0.05, 0) is 30.9 Å². The average Bonchev–Trinajstić information content (AvgIpc) is 2.65. The maximum Gasteiger partial charge on any atom is 0.229 e. The van der Waals surface area contributed by atoms with E-state index in [-0.39, 0.29) is 12.0 Å². The Morgan fingerprint density at radius 1 is 1.22 bits per heavy atom. The van der Waals surface area contributed by atoms with Gasteiger partial charge in [0.15, 0.2) is 5.82 Å². The zero-order valence-corrected chi connectivity index (χ0v) is 15.5. The number of anilines is 3. The predicted molar refractivity (Wildman–Crippen MR) is 101 cm³/mol. The van der Waals surface area contributed by atoms with E-state index >= 15 is 0 Å². The van der Waals surface area contributed by atoms with E-state index in [2.05, 4.69) is 20.2 Å². The van der Waals surface area contributed by atoms with Gasteiger partial charge in [0.25, 0.3) is 0 Å². The number of carbonyl (C=O) groups excluding carboxylic acids is 1. The summed E-state index contributed by atoms with van der Waals surface area (Å²) in [7, 11) is 3.66. The summed E-state index contributed by atoms with van der Waals surface area (Å²) in [5.41, 5.74) is 0.583. The van der Waals surface area contributed by atoms with Crippen molar-refractivity contribution in [2.24, 2.45) is 0 Å². The number of amides is 1. The smallest absolute Gasteiger partial charge is 0.229 e. The molecule has 1 aliphatic rings. The number of hydrogen-bond donors (Lipinski definition) is 1. The van der Waals surface area contributed by atoms with Crippen molar-refractivity contribution in [3.8, 4) is 0 Å². The summed E-state index contributed by atoms with van der Waals surface area (Å²) in [6.07, 6.45) is 4.81. The van der Waals surface area contributed by atoms with Gasteiger partial charge >= 0.3 is 0 Å². The lowest BCUT2D eigenvalue weighted by molar-refractivity contribution is -0.115. The Morgan fingerprint density at radius 2 is 1.96 bits per heavy atom. The standard InChI is InChI=1S/C19H23F2N5O/c1-25(2)18-16(12-22-19(24-18)26-8-4-3-5-9-26)23-17(27)10-13-6-7-14(20)11-15(13)21/h6-7,11-12H,3-5,8-10H2,1-2H3,(H,23,27). The van der Waals surface area contributed by atoms with Crippen LogP contribution in [0, 0.1) is 11.6 Å². The van der Waals surface area contributed by atoms with Gasteiger partial charge in [0.1, 0.15) is 17.3 Å². The highest BCUT2D eigenvalue weighted by molar-refractivity contribution is 5.94. The molecule has 1 aliphatic heterocycles. The fourth-order valence-corrected chi connectivity index (χ4v) is 3.07. The van der Waals surface area contributed by atoms with Crippen molar-refractivity contribution in [3.05, 3.63) is 41.6 Å². The van der Waals surface area contributed by atoms with Crippen molar-refractivity contribution in [2.45, 2.75) is 25.7 Å². The van der Waals surface area contributed by atoms with Crippen LogP contribution in [-0.4, -0.2) is 43.1 Å². The summed E-state index contributed by atoms with van der Waals surface area (Å²) in [6.45, 7) is 1.84. The highest BCUT2D eigenvalue weighted by atomic mass is 19.1. The number of benzene rings is 1. The Kier molecular flexibility index (Phi) is 5.83. The van der Waals surface area contributed by atoms with Gasteiger partial charge in [0.05, 0.1) is 12.6 Å². The zero-order valence-electron chi connectivity index (χ0n) is 15.5. The Hall–Kier alpha value is -2.77. The minimum Gasteiger partial charge on any atom is -0.361 e. The Bertz CT molecular complexity index is 822. The second-order valence-corrected chi connectivity index (χ2v) is 6.81. The number of carbonyl (C=O) groups is 1. The number of nitrogens with zero attached hydrogens (tertiary/aromatic N) is 4. The number of halogens is 2. The maximum absolute atomic E-state index is 13.8. The Labute approximate surface area is 157 Å². The van der Waals surface area contributed by atoms with Crippen LogP contribution in [0.5, 0.6) is 0 Å². The van der Waals surface area contributed by atoms with Crippen LogP contribution < -0.4 is 15.1 Å². The van der Waals surface area contributed by atoms with E-state index in [9.17, 15) is 13.6 Å². The molecule has 1 N–H and O–H groups in total. The van der Waals surface area contributed by atoms with Crippen LogP contribution in [0.2, 0.25) is 0 Å². The van der Waals surface area contributed by atoms with Gasteiger partial charge < -0.3 is 15.1 Å². The van der Waals surface area contributed by atoms with Gasteiger partial charge in [0.2, 0.25) is 11.9 Å². The molecule has 6 nitrogen and oxygen atoms in total. The lowest BCUT2D eigenvalue weighted by Crippen LogP contribution is -2.31. The largest absolute Gasteiger partial charge is 0.361 e. The van der Waals surface area contributed by atoms with Crippen LogP contribution in [0.4, 0.5) is 26.2 Å². The second-order valence-electron chi connectivity index (χ2n) is 6.81. The molecule has 1 aromatic carbocycles. The van der Waals surface area contributed by atoms with Gasteiger partial charge in [-0.3, -0.25) is 4.79 Å². The van der Waals surface area contributed by atoms with Crippen LogP contribution >= 0.6 is 0 Å². The minimum atomic E-state index is -0.741. The van der Waals surface area contributed by atoms with Crippen molar-refractivity contribution in [1.82, 2.24) is 9.97 Å². The first kappa shape index (κ1) is 19.0. The molecule has 0 spiro atoms. The number of rotatable bonds is 5. The lowest BCUT2D eigenvalue weighted by Gasteiger charge is -2.28. The van der Waals surface area contributed by atoms with E-state index in [1.807, 2.05) is 14.1 Å². The first-order valence-corrected chi connectivity index (χ1v) is 8.97. The maximum atomic E-state index is 13.8. The van der Waals surface area contributed by atoms with E-state index < -0.39 is 17.5 Å². The molecule has 0 saturated carbocycles. The quantitative estimate of drug-likeness (QED) is 0.871. The highest BCUT2D eigenvalue weighted by Gasteiger charge is 2.18. The molecule has 1 saturated heterocycles. The van der Waals surface area contributed by atoms with Gasteiger partial charge in [-0.25, -0.2) is 13.8 Å². The molecule has 0 atom stereocenters. The third-order valence-corrected chi connectivity index (χ3v) is 4.46. The number of aromatic nitrogens is 2. The first-order chi connectivity index (χ1) is 12.9. The molecule has 1 amide bonds. The summed E-state index contributed by atoms with van der Waals surface area (Å²) in [4.78, 5) is 25.2. The number of piperidine rings is 1. The molecular formula is C19H23F2N5O. The van der Waals surface area contributed by atoms with Crippen LogP contribution in [0.25, 0.3) is 0 Å². The van der Waals surface area contributed by atoms with Gasteiger partial charge in [-0.1, -0.05) is 6.07 Å². The van der Waals surface area contributed by atoms with E-state index in [4.69, 9.17) is 0 Å². The molecule has 2 heterocycles. The SMILES string of the molecule is CN(C)c1nc(N2CCCCC2)ncc1NC(=O)Cc1ccc(F)cc1F. The van der Waals surface area contributed by atoms with Gasteiger partial charge in [0, 0.05) is 33.3 Å². The monoisotopic (exact) mass is 375 g/mol. The molecular weight excluding hydrogens is 352 g/mol. The van der Waals surface area contributed by atoms with E-state index in [1.54, 1.807) is 11.1 Å². The summed E-state index contributed by atoms with van der Waals surface area (Å²) in [5.74, 6) is -0.611. The summed E-state index contributed by atoms with van der Waals surface area (Å²) < 4.78 is 26.8. The van der Waals surface area contributed by atoms with E-state index in [1.165, 1.54) is 12.5 Å². The summed E-state index contributed by atoms with van der Waals surface area (Å²) >= 11 is 0. The molecule has 0 bridgehead atoms. The molecule has 8 heteroatoms. The topological polar surface area (TPSA) is 61.4 Å². The van der Waals surface area contributed by atoms with Gasteiger partial charge in [-0.15, -0.1) is 0 Å². The van der Waals surface area contributed by atoms with Crippen molar-refractivity contribution >= 4 is 23.4 Å². The lowest BCUT2D eigenvalue weighted by atomic mass is 10.1. The third-order valence-electron chi connectivity index (χ3n) is 4.46. The van der Waals surface area contributed by atoms with Gasteiger partial charge in [-0.2, -0.15) is 4.98 Å². The summed E-state index contributed by atoms with van der Waals surface area (Å²) in [6, 6.07) is 3.17. The first-order valence-electron chi connectivity index (χ1n) is 8.97. The Balaban J connectivity index is 1.75. The third kappa shape index (κ3) is 4.69. The van der Waals surface area contributed by atoms with Crippen LogP contribution in [0.15, 0.2) is 24.4 Å². The van der Waals surface area contributed by atoms with Crippen molar-refractivity contribution in [2.75, 3.05) is 42.3 Å². The number of nitrogens with one attached hydrogen (secondary N) is 1.